The van der Waals surface area contributed by atoms with Crippen molar-refractivity contribution < 1.29 is 9.47 Å². The predicted octanol–water partition coefficient (Wildman–Crippen LogP) is 3.48. The van der Waals surface area contributed by atoms with Gasteiger partial charge in [-0.15, -0.1) is 0 Å². The van der Waals surface area contributed by atoms with Crippen LogP contribution in [0.15, 0.2) is 53.5 Å². The molecule has 172 valence electrons. The summed E-state index contributed by atoms with van der Waals surface area (Å²) in [6, 6.07) is 17.3. The number of likely N-dealkylation sites (tertiary alicyclic amines) is 1. The molecule has 2 fully saturated rings. The minimum atomic E-state index is 0.529. The van der Waals surface area contributed by atoms with Crippen LogP contribution in [-0.2, 0) is 17.8 Å². The first-order chi connectivity index (χ1) is 15.7. The molecule has 0 amide bonds. The van der Waals surface area contributed by atoms with Crippen LogP contribution < -0.4 is 10.1 Å². The van der Waals surface area contributed by atoms with Crippen molar-refractivity contribution in [2.45, 2.75) is 32.4 Å². The Hall–Kier alpha value is -2.57. The number of aliphatic imine (C=N–C) groups is 1. The molecule has 0 radical (unpaired) electrons. The van der Waals surface area contributed by atoms with E-state index in [4.69, 9.17) is 14.5 Å². The van der Waals surface area contributed by atoms with E-state index >= 15 is 0 Å². The molecule has 32 heavy (non-hydrogen) atoms. The summed E-state index contributed by atoms with van der Waals surface area (Å²) >= 11 is 0. The molecule has 0 bridgehead atoms. The molecular weight excluding hydrogens is 400 g/mol. The Morgan fingerprint density at radius 3 is 2.62 bits per heavy atom. The average molecular weight is 437 g/mol. The van der Waals surface area contributed by atoms with Crippen molar-refractivity contribution in [2.24, 2.45) is 4.99 Å². The number of hydrogen-bond donors (Lipinski definition) is 1. The van der Waals surface area contributed by atoms with E-state index in [9.17, 15) is 0 Å². The van der Waals surface area contributed by atoms with E-state index in [1.807, 2.05) is 0 Å². The van der Waals surface area contributed by atoms with Crippen LogP contribution in [0.1, 0.15) is 36.0 Å². The lowest BCUT2D eigenvalue weighted by Crippen LogP contribution is -2.40. The Kier molecular flexibility index (Phi) is 8.02. The van der Waals surface area contributed by atoms with Crippen molar-refractivity contribution in [2.75, 3.05) is 53.0 Å². The molecule has 6 nitrogen and oxygen atoms in total. The second-order valence-electron chi connectivity index (χ2n) is 8.58. The van der Waals surface area contributed by atoms with Crippen LogP contribution in [-0.4, -0.2) is 68.8 Å². The van der Waals surface area contributed by atoms with Crippen LogP contribution in [0.25, 0.3) is 0 Å². The van der Waals surface area contributed by atoms with Gasteiger partial charge >= 0.3 is 0 Å². The highest BCUT2D eigenvalue weighted by atomic mass is 16.5. The van der Waals surface area contributed by atoms with Gasteiger partial charge in [-0.2, -0.15) is 0 Å². The average Bonchev–Trinajstić information content (AvgIpc) is 3.33. The number of guanidine groups is 1. The number of nitrogens with one attached hydrogen (secondary N) is 1. The summed E-state index contributed by atoms with van der Waals surface area (Å²) in [5.74, 6) is 2.46. The van der Waals surface area contributed by atoms with E-state index < -0.39 is 0 Å². The number of benzene rings is 2. The van der Waals surface area contributed by atoms with Gasteiger partial charge in [0.2, 0.25) is 0 Å². The first kappa shape index (κ1) is 22.6. The van der Waals surface area contributed by atoms with Crippen molar-refractivity contribution in [1.29, 1.82) is 0 Å². The van der Waals surface area contributed by atoms with E-state index in [1.165, 1.54) is 16.7 Å². The topological polar surface area (TPSA) is 49.3 Å². The van der Waals surface area contributed by atoms with Gasteiger partial charge in [0.25, 0.3) is 0 Å². The molecule has 1 atom stereocenters. The maximum atomic E-state index is 5.47. The highest BCUT2D eigenvalue weighted by molar-refractivity contribution is 5.80. The normalized spacial score (nSPS) is 19.9. The van der Waals surface area contributed by atoms with E-state index in [2.05, 4.69) is 70.6 Å². The molecule has 0 aliphatic carbocycles. The summed E-state index contributed by atoms with van der Waals surface area (Å²) in [5.41, 5.74) is 3.99. The van der Waals surface area contributed by atoms with Gasteiger partial charge in [0.1, 0.15) is 5.75 Å². The van der Waals surface area contributed by atoms with Crippen LogP contribution >= 0.6 is 0 Å². The fourth-order valence-electron chi connectivity index (χ4n) is 4.54. The lowest BCUT2D eigenvalue weighted by molar-refractivity contribution is 0.0342. The van der Waals surface area contributed by atoms with Gasteiger partial charge < -0.3 is 19.7 Å². The van der Waals surface area contributed by atoms with Gasteiger partial charge in [-0.05, 0) is 42.2 Å². The van der Waals surface area contributed by atoms with Crippen LogP contribution in [0.5, 0.6) is 5.75 Å². The van der Waals surface area contributed by atoms with Crippen LogP contribution in [0, 0.1) is 0 Å². The second-order valence-corrected chi connectivity index (χ2v) is 8.58. The molecule has 2 saturated heterocycles. The number of rotatable bonds is 7. The van der Waals surface area contributed by atoms with Gasteiger partial charge in [-0.1, -0.05) is 36.4 Å². The Labute approximate surface area is 192 Å². The van der Waals surface area contributed by atoms with Gasteiger partial charge in [-0.25, -0.2) is 4.99 Å². The van der Waals surface area contributed by atoms with E-state index in [-0.39, 0.29) is 0 Å². The zero-order valence-corrected chi connectivity index (χ0v) is 19.4. The Morgan fingerprint density at radius 1 is 1.09 bits per heavy atom. The number of morpholine rings is 1. The second kappa shape index (κ2) is 11.3. The number of hydrogen-bond acceptors (Lipinski definition) is 4. The Morgan fingerprint density at radius 2 is 1.88 bits per heavy atom. The molecule has 1 unspecified atom stereocenters. The highest BCUT2D eigenvalue weighted by Crippen LogP contribution is 2.28. The Balaban J connectivity index is 1.38. The Bertz CT molecular complexity index is 878. The third kappa shape index (κ3) is 6.02. The van der Waals surface area contributed by atoms with Crippen molar-refractivity contribution in [3.05, 3.63) is 65.2 Å². The molecule has 0 saturated carbocycles. The molecule has 1 N–H and O–H groups in total. The SMILES string of the molecule is CCNC(=NCc1cccc(CN2CCOCC2)c1)N1CCC(c2ccc(OC)cc2)C1. The molecule has 0 aromatic heterocycles. The molecule has 2 heterocycles. The van der Waals surface area contributed by atoms with Crippen molar-refractivity contribution >= 4 is 5.96 Å². The molecule has 2 aliphatic rings. The lowest BCUT2D eigenvalue weighted by atomic mass is 9.98. The van der Waals surface area contributed by atoms with Crippen molar-refractivity contribution in [3.63, 3.8) is 0 Å². The molecule has 2 aliphatic heterocycles. The van der Waals surface area contributed by atoms with Crippen molar-refractivity contribution in [1.82, 2.24) is 15.1 Å². The van der Waals surface area contributed by atoms with Crippen LogP contribution in [0.4, 0.5) is 0 Å². The van der Waals surface area contributed by atoms with E-state index in [0.717, 1.165) is 70.6 Å². The van der Waals surface area contributed by atoms with Gasteiger partial charge in [0.05, 0.1) is 26.9 Å². The number of nitrogens with zero attached hydrogens (tertiary/aromatic N) is 3. The summed E-state index contributed by atoms with van der Waals surface area (Å²) in [6.45, 7) is 10.4. The number of methoxy groups -OCH3 is 1. The molecule has 6 heteroatoms. The van der Waals surface area contributed by atoms with Gasteiger partial charge in [0, 0.05) is 45.2 Å². The molecular formula is C26H36N4O2. The summed E-state index contributed by atoms with van der Waals surface area (Å²) in [7, 11) is 1.71. The third-order valence-electron chi connectivity index (χ3n) is 6.32. The van der Waals surface area contributed by atoms with Crippen molar-refractivity contribution in [3.8, 4) is 5.75 Å². The van der Waals surface area contributed by atoms with Crippen LogP contribution in [0.3, 0.4) is 0 Å². The standard InChI is InChI=1S/C26H36N4O2/c1-3-27-26(30-12-11-24(20-30)23-7-9-25(31-2)10-8-23)28-18-21-5-4-6-22(17-21)19-29-13-15-32-16-14-29/h4-10,17,24H,3,11-16,18-20H2,1-2H3,(H,27,28). The smallest absolute Gasteiger partial charge is 0.194 e. The maximum absolute atomic E-state index is 5.47. The largest absolute Gasteiger partial charge is 0.497 e. The summed E-state index contributed by atoms with van der Waals surface area (Å²) in [5, 5.41) is 3.50. The zero-order chi connectivity index (χ0) is 22.2. The molecule has 4 rings (SSSR count). The minimum Gasteiger partial charge on any atom is -0.497 e. The van der Waals surface area contributed by atoms with Gasteiger partial charge in [0.15, 0.2) is 5.96 Å². The number of ether oxygens (including phenoxy) is 2. The lowest BCUT2D eigenvalue weighted by Gasteiger charge is -2.26. The fraction of sp³-hybridized carbons (Fsp3) is 0.500. The molecule has 0 spiro atoms. The molecule has 2 aromatic carbocycles. The summed E-state index contributed by atoms with van der Waals surface area (Å²) in [4.78, 5) is 9.84. The van der Waals surface area contributed by atoms with E-state index in [1.54, 1.807) is 7.11 Å². The monoisotopic (exact) mass is 436 g/mol. The minimum absolute atomic E-state index is 0.529. The zero-order valence-electron chi connectivity index (χ0n) is 19.4. The summed E-state index contributed by atoms with van der Waals surface area (Å²) < 4.78 is 10.8. The fourth-order valence-corrected chi connectivity index (χ4v) is 4.54. The predicted molar refractivity (Wildman–Crippen MR) is 129 cm³/mol. The van der Waals surface area contributed by atoms with Gasteiger partial charge in [-0.3, -0.25) is 4.90 Å². The van der Waals surface area contributed by atoms with Crippen LogP contribution in [0.2, 0.25) is 0 Å². The van der Waals surface area contributed by atoms with E-state index in [0.29, 0.717) is 12.5 Å². The quantitative estimate of drug-likeness (QED) is 0.532. The third-order valence-corrected chi connectivity index (χ3v) is 6.32. The highest BCUT2D eigenvalue weighted by Gasteiger charge is 2.26. The first-order valence-electron chi connectivity index (χ1n) is 11.8. The molecule has 2 aromatic rings. The first-order valence-corrected chi connectivity index (χ1v) is 11.8. The summed E-state index contributed by atoms with van der Waals surface area (Å²) in [6.07, 6.45) is 1.14. The maximum Gasteiger partial charge on any atom is 0.194 e.